The van der Waals surface area contributed by atoms with Gasteiger partial charge in [0, 0.05) is 23.7 Å². The van der Waals surface area contributed by atoms with Crippen LogP contribution in [0.3, 0.4) is 0 Å². The molecule has 0 aliphatic rings. The fourth-order valence-corrected chi connectivity index (χ4v) is 3.04. The quantitative estimate of drug-likeness (QED) is 0.491. The van der Waals surface area contributed by atoms with E-state index in [0.29, 0.717) is 19.7 Å². The van der Waals surface area contributed by atoms with E-state index in [1.54, 1.807) is 7.11 Å². The Morgan fingerprint density at radius 2 is 1.54 bits per heavy atom. The summed E-state index contributed by atoms with van der Waals surface area (Å²) in [6.07, 6.45) is 0. The molecule has 0 bridgehead atoms. The van der Waals surface area contributed by atoms with Crippen molar-refractivity contribution in [3.05, 3.63) is 94.0 Å². The Bertz CT molecular complexity index is 882. The standard InChI is InChI=1S/C23H24ClNO2.ClH/c1-17-10-12-18(13-11-17)16-27-23-20(7-5-9-22(23)26-2)15-25-14-19-6-3-4-8-21(19)24;/h3-13,25H,14-16H2,1-2H3;1H. The molecule has 0 saturated carbocycles. The van der Waals surface area contributed by atoms with Gasteiger partial charge in [-0.3, -0.25) is 0 Å². The van der Waals surface area contributed by atoms with E-state index in [4.69, 9.17) is 21.1 Å². The van der Waals surface area contributed by atoms with Gasteiger partial charge in [-0.1, -0.05) is 71.8 Å². The summed E-state index contributed by atoms with van der Waals surface area (Å²) in [5, 5.41) is 4.21. The molecule has 0 fully saturated rings. The zero-order valence-electron chi connectivity index (χ0n) is 16.1. The molecule has 3 aromatic rings. The number of rotatable bonds is 8. The van der Waals surface area contributed by atoms with Gasteiger partial charge >= 0.3 is 0 Å². The first-order valence-electron chi connectivity index (χ1n) is 8.95. The minimum absolute atomic E-state index is 0. The number of hydrogen-bond acceptors (Lipinski definition) is 3. The molecule has 3 rings (SSSR count). The Labute approximate surface area is 178 Å². The third-order valence-corrected chi connectivity index (χ3v) is 4.74. The maximum Gasteiger partial charge on any atom is 0.166 e. The zero-order chi connectivity index (χ0) is 19.1. The van der Waals surface area contributed by atoms with E-state index >= 15 is 0 Å². The first kappa shape index (κ1) is 22.1. The molecule has 1 N–H and O–H groups in total. The number of methoxy groups -OCH3 is 1. The summed E-state index contributed by atoms with van der Waals surface area (Å²) in [7, 11) is 1.66. The van der Waals surface area contributed by atoms with Gasteiger partial charge in [0.2, 0.25) is 0 Å². The van der Waals surface area contributed by atoms with Gasteiger partial charge in [-0.05, 0) is 30.2 Å². The van der Waals surface area contributed by atoms with Gasteiger partial charge in [-0.15, -0.1) is 12.4 Å². The average molecular weight is 418 g/mol. The Kier molecular flexibility index (Phi) is 8.65. The molecule has 0 amide bonds. The average Bonchev–Trinajstić information content (AvgIpc) is 2.69. The fourth-order valence-electron chi connectivity index (χ4n) is 2.84. The van der Waals surface area contributed by atoms with Crippen molar-refractivity contribution >= 4 is 24.0 Å². The molecule has 0 aromatic heterocycles. The molecule has 0 aliphatic carbocycles. The Morgan fingerprint density at radius 1 is 0.857 bits per heavy atom. The van der Waals surface area contributed by atoms with Crippen LogP contribution >= 0.6 is 24.0 Å². The Balaban J connectivity index is 0.00000280. The van der Waals surface area contributed by atoms with Gasteiger partial charge in [-0.2, -0.15) is 0 Å². The van der Waals surface area contributed by atoms with Gasteiger partial charge < -0.3 is 14.8 Å². The minimum Gasteiger partial charge on any atom is -0.493 e. The second kappa shape index (κ2) is 11.0. The normalized spacial score (nSPS) is 10.2. The van der Waals surface area contributed by atoms with Crippen LogP contribution in [0.2, 0.25) is 5.02 Å². The van der Waals surface area contributed by atoms with Crippen LogP contribution in [0.4, 0.5) is 0 Å². The molecule has 5 heteroatoms. The van der Waals surface area contributed by atoms with Gasteiger partial charge in [-0.25, -0.2) is 0 Å². The van der Waals surface area contributed by atoms with Crippen molar-refractivity contribution in [1.29, 1.82) is 0 Å². The molecule has 3 nitrogen and oxygen atoms in total. The van der Waals surface area contributed by atoms with Crippen molar-refractivity contribution in [2.24, 2.45) is 0 Å². The second-order valence-corrected chi connectivity index (χ2v) is 6.82. The smallest absolute Gasteiger partial charge is 0.166 e. The second-order valence-electron chi connectivity index (χ2n) is 6.42. The van der Waals surface area contributed by atoms with E-state index in [1.807, 2.05) is 42.5 Å². The highest BCUT2D eigenvalue weighted by Crippen LogP contribution is 2.32. The highest BCUT2D eigenvalue weighted by atomic mass is 35.5. The van der Waals surface area contributed by atoms with Crippen LogP contribution in [0.5, 0.6) is 11.5 Å². The fraction of sp³-hybridized carbons (Fsp3) is 0.217. The van der Waals surface area contributed by atoms with Gasteiger partial charge in [0.15, 0.2) is 11.5 Å². The number of para-hydroxylation sites is 1. The molecule has 3 aromatic carbocycles. The third kappa shape index (κ3) is 5.90. The first-order chi connectivity index (χ1) is 13.2. The molecule has 0 atom stereocenters. The van der Waals surface area contributed by atoms with E-state index in [9.17, 15) is 0 Å². The van der Waals surface area contributed by atoms with Crippen molar-refractivity contribution in [1.82, 2.24) is 5.32 Å². The van der Waals surface area contributed by atoms with E-state index < -0.39 is 0 Å². The van der Waals surface area contributed by atoms with Crippen molar-refractivity contribution < 1.29 is 9.47 Å². The van der Waals surface area contributed by atoms with Crippen LogP contribution in [-0.2, 0) is 19.7 Å². The van der Waals surface area contributed by atoms with Crippen molar-refractivity contribution in [3.63, 3.8) is 0 Å². The third-order valence-electron chi connectivity index (χ3n) is 4.37. The van der Waals surface area contributed by atoms with Crippen LogP contribution in [0.1, 0.15) is 22.3 Å². The summed E-state index contributed by atoms with van der Waals surface area (Å²) < 4.78 is 11.6. The van der Waals surface area contributed by atoms with Crippen molar-refractivity contribution in [3.8, 4) is 11.5 Å². The SMILES string of the molecule is COc1cccc(CNCc2ccccc2Cl)c1OCc1ccc(C)cc1.Cl. The molecule has 148 valence electrons. The van der Waals surface area contributed by atoms with E-state index in [0.717, 1.165) is 33.2 Å². The summed E-state index contributed by atoms with van der Waals surface area (Å²) in [6, 6.07) is 22.1. The largest absolute Gasteiger partial charge is 0.493 e. The van der Waals surface area contributed by atoms with Crippen LogP contribution in [0.25, 0.3) is 0 Å². The molecule has 28 heavy (non-hydrogen) atoms. The molecule has 0 unspecified atom stereocenters. The molecular formula is C23H25Cl2NO2. The zero-order valence-corrected chi connectivity index (χ0v) is 17.6. The van der Waals surface area contributed by atoms with Crippen molar-refractivity contribution in [2.45, 2.75) is 26.6 Å². The summed E-state index contributed by atoms with van der Waals surface area (Å²) in [6.45, 7) is 3.92. The number of aryl methyl sites for hydroxylation is 1. The number of halogens is 2. The molecule has 0 aliphatic heterocycles. The van der Waals surface area contributed by atoms with Crippen LogP contribution < -0.4 is 14.8 Å². The Morgan fingerprint density at radius 3 is 2.25 bits per heavy atom. The topological polar surface area (TPSA) is 30.5 Å². The van der Waals surface area contributed by atoms with Gasteiger partial charge in [0.25, 0.3) is 0 Å². The predicted octanol–water partition coefficient (Wildman–Crippen LogP) is 5.95. The molecular weight excluding hydrogens is 393 g/mol. The van der Waals surface area contributed by atoms with Crippen LogP contribution in [0, 0.1) is 6.92 Å². The molecule has 0 heterocycles. The summed E-state index contributed by atoms with van der Waals surface area (Å²) in [4.78, 5) is 0. The summed E-state index contributed by atoms with van der Waals surface area (Å²) >= 11 is 6.23. The number of benzene rings is 3. The van der Waals surface area contributed by atoms with Gasteiger partial charge in [0.1, 0.15) is 6.61 Å². The number of ether oxygens (including phenoxy) is 2. The number of hydrogen-bond donors (Lipinski definition) is 1. The maximum absolute atomic E-state index is 6.23. The van der Waals surface area contributed by atoms with Gasteiger partial charge in [0.05, 0.1) is 7.11 Å². The van der Waals surface area contributed by atoms with Crippen molar-refractivity contribution in [2.75, 3.05) is 7.11 Å². The maximum atomic E-state index is 6.23. The lowest BCUT2D eigenvalue weighted by atomic mass is 10.1. The Hall–Kier alpha value is -2.20. The van der Waals surface area contributed by atoms with E-state index in [-0.39, 0.29) is 12.4 Å². The molecule has 0 saturated heterocycles. The van der Waals surface area contributed by atoms with Crippen LogP contribution in [-0.4, -0.2) is 7.11 Å². The highest BCUT2D eigenvalue weighted by Gasteiger charge is 2.11. The van der Waals surface area contributed by atoms with Crippen LogP contribution in [0.15, 0.2) is 66.7 Å². The predicted molar refractivity (Wildman–Crippen MR) is 118 cm³/mol. The lowest BCUT2D eigenvalue weighted by molar-refractivity contribution is 0.280. The lowest BCUT2D eigenvalue weighted by Crippen LogP contribution is -2.14. The van der Waals surface area contributed by atoms with E-state index in [2.05, 4.69) is 36.5 Å². The minimum atomic E-state index is 0. The number of nitrogens with one attached hydrogen (secondary N) is 1. The van der Waals surface area contributed by atoms with E-state index in [1.165, 1.54) is 5.56 Å². The molecule has 0 spiro atoms. The first-order valence-corrected chi connectivity index (χ1v) is 9.33. The lowest BCUT2D eigenvalue weighted by Gasteiger charge is -2.16. The summed E-state index contributed by atoms with van der Waals surface area (Å²) in [5.74, 6) is 1.51. The highest BCUT2D eigenvalue weighted by molar-refractivity contribution is 6.31. The monoisotopic (exact) mass is 417 g/mol. The summed E-state index contributed by atoms with van der Waals surface area (Å²) in [5.41, 5.74) is 4.49. The molecule has 0 radical (unpaired) electrons.